The van der Waals surface area contributed by atoms with Crippen molar-refractivity contribution in [1.29, 1.82) is 0 Å². The van der Waals surface area contributed by atoms with Gasteiger partial charge in [-0.2, -0.15) is 0 Å². The number of aryl methyl sites for hydroxylation is 1. The summed E-state index contributed by atoms with van der Waals surface area (Å²) in [7, 11) is 0. The molecule has 0 radical (unpaired) electrons. The van der Waals surface area contributed by atoms with Crippen molar-refractivity contribution >= 4 is 29.2 Å². The van der Waals surface area contributed by atoms with E-state index in [2.05, 4.69) is 5.32 Å². The van der Waals surface area contributed by atoms with E-state index in [1.807, 2.05) is 0 Å². The van der Waals surface area contributed by atoms with Crippen LogP contribution in [0.4, 0.5) is 5.69 Å². The van der Waals surface area contributed by atoms with E-state index in [1.165, 1.54) is 24.5 Å². The molecule has 0 saturated carbocycles. The average molecular weight is 280 g/mol. The molecule has 2 N–H and O–H groups in total. The van der Waals surface area contributed by atoms with E-state index in [0.717, 1.165) is 0 Å². The lowest BCUT2D eigenvalue weighted by atomic mass is 10.2. The van der Waals surface area contributed by atoms with Crippen LogP contribution in [-0.2, 0) is 0 Å². The normalized spacial score (nSPS) is 10.2. The van der Waals surface area contributed by atoms with Crippen molar-refractivity contribution in [3.63, 3.8) is 0 Å². The maximum atomic E-state index is 11.9. The highest BCUT2D eigenvalue weighted by Crippen LogP contribution is 2.22. The van der Waals surface area contributed by atoms with Crippen LogP contribution in [0, 0.1) is 6.92 Å². The number of carbonyl (C=O) groups excluding carboxylic acids is 1. The van der Waals surface area contributed by atoms with Crippen LogP contribution >= 0.6 is 11.6 Å². The Morgan fingerprint density at radius 1 is 1.32 bits per heavy atom. The molecule has 0 spiro atoms. The Bertz CT molecular complexity index is 648. The molecule has 1 heterocycles. The predicted molar refractivity (Wildman–Crippen MR) is 69.8 cm³/mol. The maximum absolute atomic E-state index is 11.9. The van der Waals surface area contributed by atoms with E-state index in [1.54, 1.807) is 13.0 Å². The number of carbonyl (C=O) groups is 2. The van der Waals surface area contributed by atoms with Crippen LogP contribution in [0.2, 0.25) is 5.02 Å². The molecule has 2 rings (SSSR count). The van der Waals surface area contributed by atoms with Gasteiger partial charge in [0.05, 0.1) is 16.8 Å². The van der Waals surface area contributed by atoms with Crippen LogP contribution in [0.15, 0.2) is 34.9 Å². The number of halogens is 1. The Kier molecular flexibility index (Phi) is 3.57. The lowest BCUT2D eigenvalue weighted by Crippen LogP contribution is -2.12. The topological polar surface area (TPSA) is 79.5 Å². The van der Waals surface area contributed by atoms with E-state index >= 15 is 0 Å². The Morgan fingerprint density at radius 2 is 2.05 bits per heavy atom. The molecule has 0 unspecified atom stereocenters. The summed E-state index contributed by atoms with van der Waals surface area (Å²) < 4.78 is 5.05. The highest BCUT2D eigenvalue weighted by atomic mass is 35.5. The van der Waals surface area contributed by atoms with Gasteiger partial charge in [-0.15, -0.1) is 0 Å². The molecule has 0 atom stereocenters. The van der Waals surface area contributed by atoms with Gasteiger partial charge in [-0.1, -0.05) is 11.6 Å². The number of benzene rings is 1. The minimum Gasteiger partial charge on any atom is -0.478 e. The molecule has 1 amide bonds. The lowest BCUT2D eigenvalue weighted by molar-refractivity contribution is 0.0697. The molecule has 2 aromatic rings. The summed E-state index contributed by atoms with van der Waals surface area (Å²) in [6, 6.07) is 5.84. The molecular weight excluding hydrogens is 270 g/mol. The second kappa shape index (κ2) is 5.16. The monoisotopic (exact) mass is 279 g/mol. The number of hydrogen-bond donors (Lipinski definition) is 2. The molecule has 0 bridgehead atoms. The first-order valence-electron chi connectivity index (χ1n) is 5.37. The van der Waals surface area contributed by atoms with E-state index < -0.39 is 11.9 Å². The summed E-state index contributed by atoms with van der Waals surface area (Å²) in [4.78, 5) is 22.7. The Hall–Kier alpha value is -2.27. The number of anilines is 1. The number of amides is 1. The van der Waals surface area contributed by atoms with Crippen molar-refractivity contribution in [3.05, 3.63) is 52.4 Å². The highest BCUT2D eigenvalue weighted by molar-refractivity contribution is 6.33. The van der Waals surface area contributed by atoms with Crippen LogP contribution in [0.3, 0.4) is 0 Å². The Morgan fingerprint density at radius 3 is 2.58 bits per heavy atom. The Balaban J connectivity index is 2.21. The van der Waals surface area contributed by atoms with Crippen molar-refractivity contribution in [2.24, 2.45) is 0 Å². The molecule has 1 aromatic carbocycles. The van der Waals surface area contributed by atoms with E-state index in [4.69, 9.17) is 21.1 Å². The molecule has 19 heavy (non-hydrogen) atoms. The van der Waals surface area contributed by atoms with Gasteiger partial charge in [-0.25, -0.2) is 4.79 Å². The Labute approximate surface area is 113 Å². The van der Waals surface area contributed by atoms with Gasteiger partial charge in [0, 0.05) is 11.3 Å². The highest BCUT2D eigenvalue weighted by Gasteiger charge is 2.14. The van der Waals surface area contributed by atoms with Crippen molar-refractivity contribution in [3.8, 4) is 0 Å². The van der Waals surface area contributed by atoms with E-state index in [-0.39, 0.29) is 16.3 Å². The molecule has 5 nitrogen and oxygen atoms in total. The molecule has 0 aliphatic heterocycles. The molecule has 98 valence electrons. The van der Waals surface area contributed by atoms with E-state index in [0.29, 0.717) is 11.3 Å². The van der Waals surface area contributed by atoms with Gasteiger partial charge in [0.2, 0.25) is 0 Å². The third-order valence-corrected chi connectivity index (χ3v) is 2.84. The second-order valence-electron chi connectivity index (χ2n) is 3.89. The minimum absolute atomic E-state index is 0.0196. The first-order valence-corrected chi connectivity index (χ1v) is 5.75. The van der Waals surface area contributed by atoms with Crippen LogP contribution in [0.5, 0.6) is 0 Å². The van der Waals surface area contributed by atoms with Crippen LogP contribution in [0.25, 0.3) is 0 Å². The summed E-state index contributed by atoms with van der Waals surface area (Å²) in [5, 5.41) is 11.5. The number of furan rings is 1. The average Bonchev–Trinajstić information content (AvgIpc) is 2.75. The number of carboxylic acid groups (broad SMARTS) is 1. The predicted octanol–water partition coefficient (Wildman–Crippen LogP) is 3.19. The first kappa shape index (κ1) is 13.2. The summed E-state index contributed by atoms with van der Waals surface area (Å²) in [6.45, 7) is 1.75. The quantitative estimate of drug-likeness (QED) is 0.904. The number of aromatic carboxylic acids is 1. The zero-order chi connectivity index (χ0) is 14.0. The molecular formula is C13H10ClNO4. The summed E-state index contributed by atoms with van der Waals surface area (Å²) in [5.41, 5.74) is 1.09. The number of hydrogen-bond acceptors (Lipinski definition) is 3. The van der Waals surface area contributed by atoms with Crippen molar-refractivity contribution in [2.75, 3.05) is 5.32 Å². The van der Waals surface area contributed by atoms with Crippen LogP contribution in [-0.4, -0.2) is 17.0 Å². The molecule has 0 aliphatic rings. The molecule has 0 saturated heterocycles. The third-order valence-electron chi connectivity index (χ3n) is 2.53. The summed E-state index contributed by atoms with van der Waals surface area (Å²) in [5.74, 6) is -1.33. The zero-order valence-electron chi connectivity index (χ0n) is 9.94. The van der Waals surface area contributed by atoms with Crippen LogP contribution < -0.4 is 5.32 Å². The van der Waals surface area contributed by atoms with E-state index in [9.17, 15) is 9.59 Å². The van der Waals surface area contributed by atoms with Crippen molar-refractivity contribution in [1.82, 2.24) is 0 Å². The minimum atomic E-state index is -1.12. The summed E-state index contributed by atoms with van der Waals surface area (Å²) >= 11 is 5.81. The van der Waals surface area contributed by atoms with Crippen molar-refractivity contribution < 1.29 is 19.1 Å². The number of rotatable bonds is 3. The standard InChI is InChI=1S/C13H10ClNO4/c1-7-4-5-19-11(7)12(16)15-8-2-3-9(13(17)18)10(14)6-8/h2-6H,1H3,(H,15,16)(H,17,18). The van der Waals surface area contributed by atoms with Gasteiger partial charge in [0.1, 0.15) is 0 Å². The van der Waals surface area contributed by atoms with Gasteiger partial charge >= 0.3 is 5.97 Å². The summed E-state index contributed by atoms with van der Waals surface area (Å²) in [6.07, 6.45) is 1.42. The van der Waals surface area contributed by atoms with Gasteiger partial charge < -0.3 is 14.8 Å². The van der Waals surface area contributed by atoms with Gasteiger partial charge in [0.25, 0.3) is 5.91 Å². The fraction of sp³-hybridized carbons (Fsp3) is 0.0769. The first-order chi connectivity index (χ1) is 8.99. The zero-order valence-corrected chi connectivity index (χ0v) is 10.7. The fourth-order valence-corrected chi connectivity index (χ4v) is 1.82. The molecule has 1 aromatic heterocycles. The van der Waals surface area contributed by atoms with Crippen LogP contribution in [0.1, 0.15) is 26.5 Å². The maximum Gasteiger partial charge on any atom is 0.337 e. The van der Waals surface area contributed by atoms with Gasteiger partial charge in [-0.05, 0) is 31.2 Å². The lowest BCUT2D eigenvalue weighted by Gasteiger charge is -2.06. The fourth-order valence-electron chi connectivity index (χ4n) is 1.56. The van der Waals surface area contributed by atoms with Gasteiger partial charge in [-0.3, -0.25) is 4.79 Å². The number of nitrogens with one attached hydrogen (secondary N) is 1. The number of carboxylic acids is 1. The van der Waals surface area contributed by atoms with Gasteiger partial charge in [0.15, 0.2) is 5.76 Å². The SMILES string of the molecule is Cc1ccoc1C(=O)Nc1ccc(C(=O)O)c(Cl)c1. The largest absolute Gasteiger partial charge is 0.478 e. The third kappa shape index (κ3) is 2.77. The molecule has 0 fully saturated rings. The van der Waals surface area contributed by atoms with Crippen molar-refractivity contribution in [2.45, 2.75) is 6.92 Å². The molecule has 6 heteroatoms. The smallest absolute Gasteiger partial charge is 0.337 e. The second-order valence-corrected chi connectivity index (χ2v) is 4.29. The molecule has 0 aliphatic carbocycles.